The summed E-state index contributed by atoms with van der Waals surface area (Å²) in [6.45, 7) is 0. The van der Waals surface area contributed by atoms with Crippen molar-refractivity contribution in [3.05, 3.63) is 33.8 Å². The first kappa shape index (κ1) is 13.6. The van der Waals surface area contributed by atoms with Gasteiger partial charge in [0.25, 0.3) is 0 Å². The van der Waals surface area contributed by atoms with Gasteiger partial charge in [-0.05, 0) is 30.0 Å². The lowest BCUT2D eigenvalue weighted by Gasteiger charge is -2.04. The molecule has 2 rings (SSSR count). The highest BCUT2D eigenvalue weighted by Gasteiger charge is 2.45. The van der Waals surface area contributed by atoms with Crippen molar-refractivity contribution in [3.8, 4) is 0 Å². The van der Waals surface area contributed by atoms with Crippen LogP contribution in [-0.2, 0) is 14.8 Å². The molecule has 1 amide bonds. The highest BCUT2D eigenvalue weighted by molar-refractivity contribution is 7.89. The first-order valence-electron chi connectivity index (χ1n) is 5.24. The maximum Gasteiger partial charge on any atom is 0.237 e. The van der Waals surface area contributed by atoms with Crippen molar-refractivity contribution in [1.29, 1.82) is 0 Å². The molecule has 0 spiro atoms. The summed E-state index contributed by atoms with van der Waals surface area (Å²) in [6.07, 6.45) is 1.56. The second kappa shape index (κ2) is 4.72. The molecule has 0 bridgehead atoms. The van der Waals surface area contributed by atoms with Crippen LogP contribution in [0.25, 0.3) is 0 Å². The van der Waals surface area contributed by atoms with Crippen LogP contribution in [0.5, 0.6) is 0 Å². The first-order chi connectivity index (χ1) is 8.28. The predicted molar refractivity (Wildman–Crippen MR) is 70.3 cm³/mol. The lowest BCUT2D eigenvalue weighted by atomic mass is 10.1. The Morgan fingerprint density at radius 2 is 2.06 bits per heavy atom. The Kier molecular flexibility index (Phi) is 3.58. The number of sulfonamides is 1. The Morgan fingerprint density at radius 1 is 1.39 bits per heavy atom. The van der Waals surface area contributed by atoms with Crippen molar-refractivity contribution in [2.75, 3.05) is 6.26 Å². The molecule has 0 saturated heterocycles. The topological polar surface area (TPSA) is 63.2 Å². The zero-order valence-corrected chi connectivity index (χ0v) is 11.8. The molecule has 2 atom stereocenters. The standard InChI is InChI=1S/C11H11Cl2NO3S/c1-18(16,17)14-11(15)9-5-8(9)7-3-2-6(12)4-10(7)13/h2-4,8-9H,5H2,1H3,(H,14,15)/t8-,9+/m1/s1. The van der Waals surface area contributed by atoms with Crippen LogP contribution in [0.2, 0.25) is 10.0 Å². The van der Waals surface area contributed by atoms with Gasteiger partial charge < -0.3 is 0 Å². The normalized spacial score (nSPS) is 22.6. The van der Waals surface area contributed by atoms with Crippen LogP contribution in [0.3, 0.4) is 0 Å². The smallest absolute Gasteiger partial charge is 0.237 e. The summed E-state index contributed by atoms with van der Waals surface area (Å²) < 4.78 is 23.9. The summed E-state index contributed by atoms with van der Waals surface area (Å²) in [5.41, 5.74) is 0.828. The van der Waals surface area contributed by atoms with Crippen molar-refractivity contribution in [2.45, 2.75) is 12.3 Å². The van der Waals surface area contributed by atoms with Crippen LogP contribution in [0.1, 0.15) is 17.9 Å². The summed E-state index contributed by atoms with van der Waals surface area (Å²) in [6, 6.07) is 5.08. The molecule has 7 heteroatoms. The van der Waals surface area contributed by atoms with E-state index in [0.29, 0.717) is 16.5 Å². The second-order valence-electron chi connectivity index (χ2n) is 4.35. The quantitative estimate of drug-likeness (QED) is 0.931. The van der Waals surface area contributed by atoms with E-state index in [1.54, 1.807) is 18.2 Å². The van der Waals surface area contributed by atoms with Crippen molar-refractivity contribution in [2.24, 2.45) is 5.92 Å². The monoisotopic (exact) mass is 307 g/mol. The lowest BCUT2D eigenvalue weighted by Crippen LogP contribution is -2.30. The van der Waals surface area contributed by atoms with Crippen molar-refractivity contribution < 1.29 is 13.2 Å². The highest BCUT2D eigenvalue weighted by atomic mass is 35.5. The van der Waals surface area contributed by atoms with Gasteiger partial charge in [0.15, 0.2) is 0 Å². The van der Waals surface area contributed by atoms with Crippen molar-refractivity contribution >= 4 is 39.1 Å². The van der Waals surface area contributed by atoms with Crippen LogP contribution in [0, 0.1) is 5.92 Å². The molecule has 1 aliphatic rings. The third kappa shape index (κ3) is 3.16. The van der Waals surface area contributed by atoms with Gasteiger partial charge in [-0.2, -0.15) is 0 Å². The zero-order chi connectivity index (χ0) is 13.5. The molecule has 0 aromatic heterocycles. The van der Waals surface area contributed by atoms with Gasteiger partial charge >= 0.3 is 0 Å². The summed E-state index contributed by atoms with van der Waals surface area (Å²) >= 11 is 11.8. The molecular formula is C11H11Cl2NO3S. The molecule has 1 N–H and O–H groups in total. The number of halogens is 2. The Hall–Kier alpha value is -0.780. The Morgan fingerprint density at radius 3 is 2.61 bits per heavy atom. The molecule has 98 valence electrons. The van der Waals surface area contributed by atoms with Gasteiger partial charge in [0.05, 0.1) is 6.26 Å². The average Bonchev–Trinajstić information content (AvgIpc) is 2.94. The van der Waals surface area contributed by atoms with Crippen LogP contribution < -0.4 is 4.72 Å². The number of carbonyl (C=O) groups excluding carboxylic acids is 1. The molecule has 0 radical (unpaired) electrons. The van der Waals surface area contributed by atoms with E-state index in [9.17, 15) is 13.2 Å². The fraction of sp³-hybridized carbons (Fsp3) is 0.364. The van der Waals surface area contributed by atoms with Crippen LogP contribution in [0.4, 0.5) is 0 Å². The Labute approximate surface area is 115 Å². The molecule has 18 heavy (non-hydrogen) atoms. The molecule has 1 aromatic rings. The van der Waals surface area contributed by atoms with Crippen LogP contribution in [0.15, 0.2) is 18.2 Å². The average molecular weight is 308 g/mol. The van der Waals surface area contributed by atoms with Gasteiger partial charge in [0.2, 0.25) is 15.9 Å². The zero-order valence-electron chi connectivity index (χ0n) is 9.48. The number of nitrogens with one attached hydrogen (secondary N) is 1. The van der Waals surface area contributed by atoms with Gasteiger partial charge in [0, 0.05) is 16.0 Å². The maximum absolute atomic E-state index is 11.6. The molecule has 4 nitrogen and oxygen atoms in total. The second-order valence-corrected chi connectivity index (χ2v) is 6.95. The lowest BCUT2D eigenvalue weighted by molar-refractivity contribution is -0.120. The van der Waals surface area contributed by atoms with E-state index in [-0.39, 0.29) is 11.8 Å². The fourth-order valence-electron chi connectivity index (χ4n) is 1.89. The molecule has 1 fully saturated rings. The van der Waals surface area contributed by atoms with E-state index in [1.165, 1.54) is 0 Å². The van der Waals surface area contributed by atoms with Gasteiger partial charge in [-0.1, -0.05) is 29.3 Å². The van der Waals surface area contributed by atoms with Crippen molar-refractivity contribution in [1.82, 2.24) is 4.72 Å². The molecule has 1 aromatic carbocycles. The SMILES string of the molecule is CS(=O)(=O)NC(=O)[C@H]1C[C@@H]1c1ccc(Cl)cc1Cl. The van der Waals surface area contributed by atoms with Gasteiger partial charge in [0.1, 0.15) is 0 Å². The molecule has 0 unspecified atom stereocenters. The van der Waals surface area contributed by atoms with Gasteiger partial charge in [-0.25, -0.2) is 8.42 Å². The summed E-state index contributed by atoms with van der Waals surface area (Å²) in [5.74, 6) is -0.844. The first-order valence-corrected chi connectivity index (χ1v) is 7.89. The van der Waals surface area contributed by atoms with E-state index < -0.39 is 15.9 Å². The van der Waals surface area contributed by atoms with E-state index in [1.807, 2.05) is 4.72 Å². The van der Waals surface area contributed by atoms with Gasteiger partial charge in [-0.15, -0.1) is 0 Å². The Balaban J connectivity index is 2.09. The van der Waals surface area contributed by atoms with Crippen molar-refractivity contribution in [3.63, 3.8) is 0 Å². The third-order valence-corrected chi connectivity index (χ3v) is 3.91. The number of amides is 1. The number of rotatable bonds is 3. The fourth-order valence-corrected chi connectivity index (χ4v) is 2.95. The van der Waals surface area contributed by atoms with E-state index >= 15 is 0 Å². The molecule has 0 heterocycles. The largest absolute Gasteiger partial charge is 0.274 e. The number of carbonyl (C=O) groups is 1. The summed E-state index contributed by atoms with van der Waals surface area (Å²) in [4.78, 5) is 11.6. The molecule has 0 aliphatic heterocycles. The summed E-state index contributed by atoms with van der Waals surface area (Å²) in [5, 5.41) is 1.03. The van der Waals surface area contributed by atoms with E-state index in [0.717, 1.165) is 11.8 Å². The minimum atomic E-state index is -3.50. The van der Waals surface area contributed by atoms with Crippen LogP contribution >= 0.6 is 23.2 Å². The maximum atomic E-state index is 11.6. The molecular weight excluding hydrogens is 297 g/mol. The van der Waals surface area contributed by atoms with E-state index in [2.05, 4.69) is 0 Å². The minimum absolute atomic E-state index is 0.0310. The third-order valence-electron chi connectivity index (χ3n) is 2.78. The highest BCUT2D eigenvalue weighted by Crippen LogP contribution is 2.50. The summed E-state index contributed by atoms with van der Waals surface area (Å²) in [7, 11) is -3.50. The van der Waals surface area contributed by atoms with E-state index in [4.69, 9.17) is 23.2 Å². The molecule has 1 aliphatic carbocycles. The van der Waals surface area contributed by atoms with Crippen LogP contribution in [-0.4, -0.2) is 20.6 Å². The molecule has 1 saturated carbocycles. The number of hydrogen-bond donors (Lipinski definition) is 1. The van der Waals surface area contributed by atoms with Gasteiger partial charge in [-0.3, -0.25) is 9.52 Å². The predicted octanol–water partition coefficient (Wildman–Crippen LogP) is 2.17. The number of hydrogen-bond acceptors (Lipinski definition) is 3. The Bertz CT molecular complexity index is 600. The minimum Gasteiger partial charge on any atom is -0.274 e. The number of benzene rings is 1.